The third kappa shape index (κ3) is 2.88. The number of hydrogen-bond acceptors (Lipinski definition) is 5. The van der Waals surface area contributed by atoms with E-state index in [0.717, 1.165) is 11.3 Å². The van der Waals surface area contributed by atoms with Crippen LogP contribution in [0.15, 0.2) is 47.6 Å². The van der Waals surface area contributed by atoms with E-state index in [1.807, 2.05) is 12.1 Å². The van der Waals surface area contributed by atoms with Gasteiger partial charge in [-0.25, -0.2) is 0 Å². The molecule has 0 saturated heterocycles. The van der Waals surface area contributed by atoms with E-state index < -0.39 is 6.10 Å². The van der Waals surface area contributed by atoms with Gasteiger partial charge in [-0.1, -0.05) is 28.9 Å². The predicted octanol–water partition coefficient (Wildman–Crippen LogP) is 3.20. The van der Waals surface area contributed by atoms with Gasteiger partial charge in [-0.2, -0.15) is 0 Å². The van der Waals surface area contributed by atoms with Crippen molar-refractivity contribution in [1.82, 2.24) is 0 Å². The summed E-state index contributed by atoms with van der Waals surface area (Å²) in [4.78, 5) is 17.6. The lowest BCUT2D eigenvalue weighted by molar-refractivity contribution is -0.125. The molecule has 0 saturated carbocycles. The van der Waals surface area contributed by atoms with Crippen molar-refractivity contribution >= 4 is 28.9 Å². The van der Waals surface area contributed by atoms with Gasteiger partial charge in [0, 0.05) is 23.2 Å². The SMILES string of the molecule is O=C(Nc1ccc2c(c1)OCO2)[C@@H]1CC(c2ccc(Cl)cc2)=NO1. The van der Waals surface area contributed by atoms with E-state index in [2.05, 4.69) is 10.5 Å². The Hall–Kier alpha value is -2.73. The fraction of sp³-hybridized carbons (Fsp3) is 0.176. The van der Waals surface area contributed by atoms with Crippen molar-refractivity contribution in [3.63, 3.8) is 0 Å². The van der Waals surface area contributed by atoms with E-state index in [1.165, 1.54) is 0 Å². The number of halogens is 1. The first-order valence-electron chi connectivity index (χ1n) is 7.38. The summed E-state index contributed by atoms with van der Waals surface area (Å²) in [6.45, 7) is 0.191. The Bertz CT molecular complexity index is 820. The molecule has 2 aliphatic heterocycles. The maximum atomic E-state index is 12.3. The Morgan fingerprint density at radius 2 is 1.92 bits per heavy atom. The van der Waals surface area contributed by atoms with Gasteiger partial charge in [0.25, 0.3) is 5.91 Å². The van der Waals surface area contributed by atoms with Gasteiger partial charge >= 0.3 is 0 Å². The van der Waals surface area contributed by atoms with Gasteiger partial charge in [-0.05, 0) is 29.8 Å². The number of benzene rings is 2. The standard InChI is InChI=1S/C17H13ClN2O4/c18-11-3-1-10(2-4-11)13-8-16(24-20-13)17(21)19-12-5-6-14-15(7-12)23-9-22-14/h1-7,16H,8-9H2,(H,19,21)/t16-/m0/s1. The minimum atomic E-state index is -0.666. The molecule has 1 amide bonds. The zero-order valence-electron chi connectivity index (χ0n) is 12.5. The second-order valence-corrected chi connectivity index (χ2v) is 5.84. The molecular formula is C17H13ClN2O4. The summed E-state index contributed by atoms with van der Waals surface area (Å²) in [7, 11) is 0. The zero-order valence-corrected chi connectivity index (χ0v) is 13.2. The first-order valence-corrected chi connectivity index (χ1v) is 7.76. The Morgan fingerprint density at radius 1 is 1.12 bits per heavy atom. The molecule has 122 valence electrons. The number of carbonyl (C=O) groups excluding carboxylic acids is 1. The van der Waals surface area contributed by atoms with Crippen LogP contribution in [0, 0.1) is 0 Å². The highest BCUT2D eigenvalue weighted by Crippen LogP contribution is 2.34. The molecule has 24 heavy (non-hydrogen) atoms. The molecule has 0 aliphatic carbocycles. The number of ether oxygens (including phenoxy) is 2. The minimum Gasteiger partial charge on any atom is -0.454 e. The van der Waals surface area contributed by atoms with E-state index in [0.29, 0.717) is 28.6 Å². The smallest absolute Gasteiger partial charge is 0.268 e. The van der Waals surface area contributed by atoms with Crippen LogP contribution in [0.25, 0.3) is 0 Å². The number of rotatable bonds is 3. The number of nitrogens with zero attached hydrogens (tertiary/aromatic N) is 1. The van der Waals surface area contributed by atoms with E-state index in [-0.39, 0.29) is 12.7 Å². The van der Waals surface area contributed by atoms with E-state index in [9.17, 15) is 4.79 Å². The van der Waals surface area contributed by atoms with Crippen LogP contribution in [-0.2, 0) is 9.63 Å². The van der Waals surface area contributed by atoms with Gasteiger partial charge in [0.05, 0.1) is 5.71 Å². The van der Waals surface area contributed by atoms with Gasteiger partial charge < -0.3 is 19.6 Å². The number of hydrogen-bond donors (Lipinski definition) is 1. The topological polar surface area (TPSA) is 69.2 Å². The third-order valence-electron chi connectivity index (χ3n) is 3.78. The van der Waals surface area contributed by atoms with Gasteiger partial charge in [-0.15, -0.1) is 0 Å². The maximum Gasteiger partial charge on any atom is 0.268 e. The van der Waals surface area contributed by atoms with Crippen molar-refractivity contribution in [3.8, 4) is 11.5 Å². The predicted molar refractivity (Wildman–Crippen MR) is 88.7 cm³/mol. The van der Waals surface area contributed by atoms with Crippen molar-refractivity contribution in [2.75, 3.05) is 12.1 Å². The van der Waals surface area contributed by atoms with Crippen LogP contribution in [0.4, 0.5) is 5.69 Å². The van der Waals surface area contributed by atoms with Crippen LogP contribution in [0.3, 0.4) is 0 Å². The van der Waals surface area contributed by atoms with E-state index >= 15 is 0 Å². The molecule has 2 heterocycles. The summed E-state index contributed by atoms with van der Waals surface area (Å²) >= 11 is 5.87. The Kier molecular flexibility index (Phi) is 3.74. The number of carbonyl (C=O) groups is 1. The molecule has 0 unspecified atom stereocenters. The Morgan fingerprint density at radius 3 is 2.75 bits per heavy atom. The number of amides is 1. The van der Waals surface area contributed by atoms with Crippen LogP contribution in [-0.4, -0.2) is 24.5 Å². The van der Waals surface area contributed by atoms with Crippen LogP contribution in [0.5, 0.6) is 11.5 Å². The fourth-order valence-corrected chi connectivity index (χ4v) is 2.65. The lowest BCUT2D eigenvalue weighted by atomic mass is 10.0. The summed E-state index contributed by atoms with van der Waals surface area (Å²) in [5, 5.41) is 7.45. The lowest BCUT2D eigenvalue weighted by Crippen LogP contribution is -2.28. The van der Waals surface area contributed by atoms with E-state index in [1.54, 1.807) is 30.3 Å². The average molecular weight is 345 g/mol. The minimum absolute atomic E-state index is 0.191. The summed E-state index contributed by atoms with van der Waals surface area (Å²) in [5.74, 6) is 1.01. The van der Waals surface area contributed by atoms with Gasteiger partial charge in [-0.3, -0.25) is 4.79 Å². The molecule has 0 fully saturated rings. The number of oxime groups is 1. The molecule has 1 N–H and O–H groups in total. The van der Waals surface area contributed by atoms with Crippen molar-refractivity contribution in [2.24, 2.45) is 5.16 Å². The second kappa shape index (κ2) is 6.05. The first-order chi connectivity index (χ1) is 11.7. The lowest BCUT2D eigenvalue weighted by Gasteiger charge is -2.10. The van der Waals surface area contributed by atoms with Crippen LogP contribution >= 0.6 is 11.6 Å². The molecule has 0 bridgehead atoms. The van der Waals surface area contributed by atoms with E-state index in [4.69, 9.17) is 25.9 Å². The van der Waals surface area contributed by atoms with Crippen LogP contribution in [0.2, 0.25) is 5.02 Å². The molecule has 2 aromatic rings. The molecule has 7 heteroatoms. The highest BCUT2D eigenvalue weighted by Gasteiger charge is 2.29. The molecule has 2 aromatic carbocycles. The number of anilines is 1. The normalized spacial score (nSPS) is 18.0. The maximum absolute atomic E-state index is 12.3. The highest BCUT2D eigenvalue weighted by atomic mass is 35.5. The molecule has 2 aliphatic rings. The van der Waals surface area contributed by atoms with Gasteiger partial charge in [0.2, 0.25) is 12.9 Å². The van der Waals surface area contributed by atoms with Crippen LogP contribution < -0.4 is 14.8 Å². The summed E-state index contributed by atoms with van der Waals surface area (Å²) < 4.78 is 10.5. The fourth-order valence-electron chi connectivity index (χ4n) is 2.53. The van der Waals surface area contributed by atoms with Crippen molar-refractivity contribution < 1.29 is 19.1 Å². The number of fused-ring (bicyclic) bond motifs is 1. The van der Waals surface area contributed by atoms with Crippen molar-refractivity contribution in [1.29, 1.82) is 0 Å². The summed E-state index contributed by atoms with van der Waals surface area (Å²) in [5.41, 5.74) is 2.23. The highest BCUT2D eigenvalue weighted by molar-refractivity contribution is 6.30. The number of nitrogens with one attached hydrogen (secondary N) is 1. The Labute approximate surface area is 143 Å². The van der Waals surface area contributed by atoms with Crippen LogP contribution in [0.1, 0.15) is 12.0 Å². The molecule has 0 spiro atoms. The molecule has 0 aromatic heterocycles. The largest absolute Gasteiger partial charge is 0.454 e. The van der Waals surface area contributed by atoms with Crippen molar-refractivity contribution in [3.05, 3.63) is 53.1 Å². The monoisotopic (exact) mass is 344 g/mol. The quantitative estimate of drug-likeness (QED) is 0.928. The van der Waals surface area contributed by atoms with Crippen molar-refractivity contribution in [2.45, 2.75) is 12.5 Å². The summed E-state index contributed by atoms with van der Waals surface area (Å²) in [6, 6.07) is 12.5. The molecule has 4 rings (SSSR count). The molecule has 1 atom stereocenters. The second-order valence-electron chi connectivity index (χ2n) is 5.40. The van der Waals surface area contributed by atoms with Gasteiger partial charge in [0.15, 0.2) is 11.5 Å². The molecule has 6 nitrogen and oxygen atoms in total. The first kappa shape index (κ1) is 14.8. The Balaban J connectivity index is 1.40. The summed E-state index contributed by atoms with van der Waals surface area (Å²) in [6.07, 6.45) is -0.265. The third-order valence-corrected chi connectivity index (χ3v) is 4.03. The molecular weight excluding hydrogens is 332 g/mol. The zero-order chi connectivity index (χ0) is 16.5. The van der Waals surface area contributed by atoms with Gasteiger partial charge in [0.1, 0.15) is 0 Å². The molecule has 0 radical (unpaired) electrons. The average Bonchev–Trinajstić information content (AvgIpc) is 3.24.